The van der Waals surface area contributed by atoms with E-state index in [9.17, 15) is 4.39 Å². The number of hydrogen-bond donors (Lipinski definition) is 0. The molecular weight excluding hydrogens is 235 g/mol. The molecule has 0 spiro atoms. The van der Waals surface area contributed by atoms with Crippen LogP contribution in [0.5, 0.6) is 5.75 Å². The van der Waals surface area contributed by atoms with Crippen LogP contribution in [0.3, 0.4) is 0 Å². The average molecular weight is 243 g/mol. The standard InChI is InChI=1S/C10H8BrFO/c1-3-7(2)13-10-5-4-8(11)6-9(10)12/h1,4-7H,2H3. The Kier molecular flexibility index (Phi) is 3.32. The predicted octanol–water partition coefficient (Wildman–Crippen LogP) is 2.99. The minimum Gasteiger partial charge on any atom is -0.475 e. The van der Waals surface area contributed by atoms with Gasteiger partial charge in [-0.05, 0) is 25.1 Å². The van der Waals surface area contributed by atoms with Crippen molar-refractivity contribution < 1.29 is 9.13 Å². The Balaban J connectivity index is 2.85. The van der Waals surface area contributed by atoms with Gasteiger partial charge in [0.25, 0.3) is 0 Å². The molecule has 0 aliphatic heterocycles. The monoisotopic (exact) mass is 242 g/mol. The second-order valence-electron chi connectivity index (χ2n) is 2.50. The Labute approximate surface area is 85.0 Å². The topological polar surface area (TPSA) is 9.23 Å². The van der Waals surface area contributed by atoms with Gasteiger partial charge in [0, 0.05) is 4.47 Å². The molecule has 3 heteroatoms. The van der Waals surface area contributed by atoms with E-state index in [1.54, 1.807) is 13.0 Å². The lowest BCUT2D eigenvalue weighted by molar-refractivity contribution is 0.265. The summed E-state index contributed by atoms with van der Waals surface area (Å²) in [6.07, 6.45) is 4.67. The molecule has 0 fully saturated rings. The zero-order valence-corrected chi connectivity index (χ0v) is 8.64. The molecule has 0 amide bonds. The van der Waals surface area contributed by atoms with E-state index in [0.717, 1.165) is 0 Å². The number of benzene rings is 1. The SMILES string of the molecule is C#CC(C)Oc1ccc(Br)cc1F. The molecule has 0 saturated heterocycles. The first-order chi connectivity index (χ1) is 6.13. The summed E-state index contributed by atoms with van der Waals surface area (Å²) >= 11 is 3.14. The highest BCUT2D eigenvalue weighted by Gasteiger charge is 2.05. The predicted molar refractivity (Wildman–Crippen MR) is 53.0 cm³/mol. The van der Waals surface area contributed by atoms with Gasteiger partial charge < -0.3 is 4.74 Å². The van der Waals surface area contributed by atoms with Gasteiger partial charge in [0.05, 0.1) is 0 Å². The Morgan fingerprint density at radius 2 is 2.31 bits per heavy atom. The zero-order chi connectivity index (χ0) is 9.84. The van der Waals surface area contributed by atoms with Crippen molar-refractivity contribution in [3.8, 4) is 18.1 Å². The lowest BCUT2D eigenvalue weighted by atomic mass is 10.3. The Morgan fingerprint density at radius 1 is 1.62 bits per heavy atom. The maximum atomic E-state index is 13.1. The van der Waals surface area contributed by atoms with Crippen LogP contribution in [-0.2, 0) is 0 Å². The molecule has 0 radical (unpaired) electrons. The lowest BCUT2D eigenvalue weighted by Crippen LogP contribution is -2.09. The van der Waals surface area contributed by atoms with Crippen molar-refractivity contribution in [2.24, 2.45) is 0 Å². The summed E-state index contributed by atoms with van der Waals surface area (Å²) in [7, 11) is 0. The van der Waals surface area contributed by atoms with Gasteiger partial charge in [0.2, 0.25) is 0 Å². The summed E-state index contributed by atoms with van der Waals surface area (Å²) in [6, 6.07) is 4.56. The van der Waals surface area contributed by atoms with Crippen LogP contribution in [0.15, 0.2) is 22.7 Å². The van der Waals surface area contributed by atoms with Gasteiger partial charge in [-0.2, -0.15) is 0 Å². The largest absolute Gasteiger partial charge is 0.475 e. The van der Waals surface area contributed by atoms with E-state index < -0.39 is 11.9 Å². The second kappa shape index (κ2) is 4.29. The molecule has 0 aromatic heterocycles. The number of ether oxygens (including phenoxy) is 1. The average Bonchev–Trinajstić information content (AvgIpc) is 2.09. The number of terminal acetylenes is 1. The first-order valence-electron chi connectivity index (χ1n) is 3.71. The lowest BCUT2D eigenvalue weighted by Gasteiger charge is -2.09. The molecule has 68 valence electrons. The van der Waals surface area contributed by atoms with Gasteiger partial charge in [-0.1, -0.05) is 21.9 Å². The van der Waals surface area contributed by atoms with Crippen molar-refractivity contribution in [3.05, 3.63) is 28.5 Å². The van der Waals surface area contributed by atoms with Gasteiger partial charge in [-0.25, -0.2) is 4.39 Å². The molecule has 1 rings (SSSR count). The molecule has 1 aromatic carbocycles. The summed E-state index contributed by atoms with van der Waals surface area (Å²) in [5.74, 6) is 2.11. The fraction of sp³-hybridized carbons (Fsp3) is 0.200. The van der Waals surface area contributed by atoms with Gasteiger partial charge in [0.1, 0.15) is 0 Å². The van der Waals surface area contributed by atoms with E-state index in [1.807, 2.05) is 0 Å². The third kappa shape index (κ3) is 2.74. The van der Waals surface area contributed by atoms with Crippen molar-refractivity contribution in [3.63, 3.8) is 0 Å². The van der Waals surface area contributed by atoms with Crippen molar-refractivity contribution in [2.45, 2.75) is 13.0 Å². The molecule has 13 heavy (non-hydrogen) atoms. The Hall–Kier alpha value is -1.01. The summed E-state index contributed by atoms with van der Waals surface area (Å²) in [5.41, 5.74) is 0. The van der Waals surface area contributed by atoms with E-state index in [1.165, 1.54) is 12.1 Å². The van der Waals surface area contributed by atoms with Crippen LogP contribution in [0, 0.1) is 18.2 Å². The minimum absolute atomic E-state index is 0.175. The quantitative estimate of drug-likeness (QED) is 0.725. The summed E-state index contributed by atoms with van der Waals surface area (Å²) < 4.78 is 18.9. The van der Waals surface area contributed by atoms with Crippen LogP contribution >= 0.6 is 15.9 Å². The summed E-state index contributed by atoms with van der Waals surface area (Å²) in [4.78, 5) is 0. The van der Waals surface area contributed by atoms with E-state index in [4.69, 9.17) is 11.2 Å². The molecule has 1 aromatic rings. The highest BCUT2D eigenvalue weighted by Crippen LogP contribution is 2.22. The van der Waals surface area contributed by atoms with Crippen molar-refractivity contribution in [1.82, 2.24) is 0 Å². The summed E-state index contributed by atoms with van der Waals surface area (Å²) in [5, 5.41) is 0. The molecule has 0 saturated carbocycles. The number of hydrogen-bond acceptors (Lipinski definition) is 1. The number of rotatable bonds is 2. The first-order valence-corrected chi connectivity index (χ1v) is 4.50. The molecule has 0 aliphatic rings. The fourth-order valence-electron chi connectivity index (χ4n) is 0.795. The highest BCUT2D eigenvalue weighted by atomic mass is 79.9. The normalized spacial score (nSPS) is 11.8. The van der Waals surface area contributed by atoms with E-state index >= 15 is 0 Å². The van der Waals surface area contributed by atoms with Crippen LogP contribution in [0.25, 0.3) is 0 Å². The van der Waals surface area contributed by atoms with Crippen molar-refractivity contribution in [1.29, 1.82) is 0 Å². The van der Waals surface area contributed by atoms with Crippen LogP contribution in [0.1, 0.15) is 6.92 Å². The maximum absolute atomic E-state index is 13.1. The van der Waals surface area contributed by atoms with E-state index in [0.29, 0.717) is 4.47 Å². The van der Waals surface area contributed by atoms with E-state index in [2.05, 4.69) is 21.9 Å². The number of halogens is 2. The molecule has 1 atom stereocenters. The maximum Gasteiger partial charge on any atom is 0.166 e. The van der Waals surface area contributed by atoms with Crippen molar-refractivity contribution in [2.75, 3.05) is 0 Å². The van der Waals surface area contributed by atoms with Gasteiger partial charge in [-0.15, -0.1) is 6.42 Å². The molecule has 1 unspecified atom stereocenters. The highest BCUT2D eigenvalue weighted by molar-refractivity contribution is 9.10. The minimum atomic E-state index is -0.421. The molecule has 0 bridgehead atoms. The third-order valence-corrected chi connectivity index (χ3v) is 1.93. The molecule has 0 N–H and O–H groups in total. The fourth-order valence-corrected chi connectivity index (χ4v) is 1.13. The van der Waals surface area contributed by atoms with Crippen LogP contribution < -0.4 is 4.74 Å². The van der Waals surface area contributed by atoms with Crippen molar-refractivity contribution >= 4 is 15.9 Å². The smallest absolute Gasteiger partial charge is 0.166 e. The summed E-state index contributed by atoms with van der Waals surface area (Å²) in [6.45, 7) is 1.68. The van der Waals surface area contributed by atoms with E-state index in [-0.39, 0.29) is 5.75 Å². The molecular formula is C10H8BrFO. The van der Waals surface area contributed by atoms with Crippen LogP contribution in [0.2, 0.25) is 0 Å². The molecule has 0 heterocycles. The zero-order valence-electron chi connectivity index (χ0n) is 7.05. The van der Waals surface area contributed by atoms with Gasteiger partial charge >= 0.3 is 0 Å². The Morgan fingerprint density at radius 3 is 2.85 bits per heavy atom. The first kappa shape index (κ1) is 10.1. The third-order valence-electron chi connectivity index (χ3n) is 1.43. The van der Waals surface area contributed by atoms with Gasteiger partial charge in [-0.3, -0.25) is 0 Å². The Bertz CT molecular complexity index is 343. The molecule has 0 aliphatic carbocycles. The molecule has 1 nitrogen and oxygen atoms in total. The van der Waals surface area contributed by atoms with Crippen LogP contribution in [0.4, 0.5) is 4.39 Å². The second-order valence-corrected chi connectivity index (χ2v) is 3.42. The van der Waals surface area contributed by atoms with Gasteiger partial charge in [0.15, 0.2) is 17.7 Å². The van der Waals surface area contributed by atoms with Crippen LogP contribution in [-0.4, -0.2) is 6.10 Å².